The maximum absolute atomic E-state index is 12.1. The molecule has 0 fully saturated rings. The van der Waals surface area contributed by atoms with Gasteiger partial charge in [-0.2, -0.15) is 0 Å². The van der Waals surface area contributed by atoms with E-state index in [0.717, 1.165) is 28.2 Å². The molecule has 1 aromatic heterocycles. The highest BCUT2D eigenvalue weighted by molar-refractivity contribution is 7.99. The van der Waals surface area contributed by atoms with Gasteiger partial charge >= 0.3 is 0 Å². The zero-order valence-electron chi connectivity index (χ0n) is 14.5. The molecule has 3 rings (SSSR count). The van der Waals surface area contributed by atoms with Crippen LogP contribution in [0.25, 0.3) is 11.4 Å². The lowest BCUT2D eigenvalue weighted by molar-refractivity contribution is -0.113. The van der Waals surface area contributed by atoms with Gasteiger partial charge in [-0.15, -0.1) is 5.10 Å². The molecule has 1 heterocycles. The Kier molecular flexibility index (Phi) is 5.19. The van der Waals surface area contributed by atoms with Crippen molar-refractivity contribution < 1.29 is 4.79 Å². The average molecular weight is 352 g/mol. The molecule has 2 aromatic carbocycles. The quantitative estimate of drug-likeness (QED) is 0.678. The third-order valence-corrected chi connectivity index (χ3v) is 4.84. The molecule has 5 nitrogen and oxygen atoms in total. The van der Waals surface area contributed by atoms with Crippen LogP contribution in [0, 0.1) is 20.8 Å². The smallest absolute Gasteiger partial charge is 0.234 e. The van der Waals surface area contributed by atoms with Gasteiger partial charge in [-0.25, -0.2) is 4.98 Å². The zero-order chi connectivity index (χ0) is 17.8. The molecule has 128 valence electrons. The number of hydrogen-bond acceptors (Lipinski definition) is 4. The summed E-state index contributed by atoms with van der Waals surface area (Å²) in [6.45, 7) is 6.11. The number of rotatable bonds is 5. The standard InChI is InChI=1S/C19H20N4OS/c1-12-8-9-15(10-14(12)3)20-17(24)11-25-19-21-18(22-23-19)16-7-5-4-6-13(16)2/h4-10H,11H2,1-3H3,(H,20,24)(H,21,22,23). The maximum Gasteiger partial charge on any atom is 0.234 e. The highest BCUT2D eigenvalue weighted by Crippen LogP contribution is 2.22. The number of carbonyl (C=O) groups is 1. The molecule has 0 spiro atoms. The summed E-state index contributed by atoms with van der Waals surface area (Å²) < 4.78 is 0. The fourth-order valence-corrected chi connectivity index (χ4v) is 3.01. The van der Waals surface area contributed by atoms with Gasteiger partial charge in [0.15, 0.2) is 5.82 Å². The number of nitrogens with zero attached hydrogens (tertiary/aromatic N) is 2. The molecule has 0 aliphatic heterocycles. The lowest BCUT2D eigenvalue weighted by Gasteiger charge is -2.06. The Morgan fingerprint density at radius 1 is 1.08 bits per heavy atom. The molecule has 0 saturated carbocycles. The predicted molar refractivity (Wildman–Crippen MR) is 102 cm³/mol. The second-order valence-electron chi connectivity index (χ2n) is 5.92. The van der Waals surface area contributed by atoms with E-state index in [2.05, 4.69) is 20.5 Å². The number of aromatic nitrogens is 3. The number of nitrogens with one attached hydrogen (secondary N) is 2. The molecule has 0 aliphatic carbocycles. The zero-order valence-corrected chi connectivity index (χ0v) is 15.3. The van der Waals surface area contributed by atoms with Crippen molar-refractivity contribution in [1.82, 2.24) is 15.2 Å². The second-order valence-corrected chi connectivity index (χ2v) is 6.86. The summed E-state index contributed by atoms with van der Waals surface area (Å²) in [5.74, 6) is 0.906. The van der Waals surface area contributed by atoms with Gasteiger partial charge in [-0.1, -0.05) is 42.1 Å². The molecule has 3 aromatic rings. The summed E-state index contributed by atoms with van der Waals surface area (Å²) >= 11 is 1.31. The first kappa shape index (κ1) is 17.2. The number of hydrogen-bond donors (Lipinski definition) is 2. The number of H-pyrrole nitrogens is 1. The number of benzene rings is 2. The van der Waals surface area contributed by atoms with Gasteiger partial charge in [0.2, 0.25) is 11.1 Å². The number of carbonyl (C=O) groups excluding carboxylic acids is 1. The Balaban J connectivity index is 1.59. The van der Waals surface area contributed by atoms with E-state index in [1.807, 2.05) is 63.2 Å². The van der Waals surface area contributed by atoms with Crippen LogP contribution in [0.5, 0.6) is 0 Å². The first-order chi connectivity index (χ1) is 12.0. The Hall–Kier alpha value is -2.60. The molecule has 1 amide bonds. The monoisotopic (exact) mass is 352 g/mol. The van der Waals surface area contributed by atoms with Crippen molar-refractivity contribution in [1.29, 1.82) is 0 Å². The molecule has 25 heavy (non-hydrogen) atoms. The van der Waals surface area contributed by atoms with Crippen molar-refractivity contribution in [2.75, 3.05) is 11.1 Å². The van der Waals surface area contributed by atoms with Gasteiger partial charge in [0.25, 0.3) is 0 Å². The van der Waals surface area contributed by atoms with E-state index in [4.69, 9.17) is 0 Å². The molecule has 0 bridgehead atoms. The number of aryl methyl sites for hydroxylation is 3. The van der Waals surface area contributed by atoms with Crippen molar-refractivity contribution in [3.05, 3.63) is 59.2 Å². The highest BCUT2D eigenvalue weighted by Gasteiger charge is 2.10. The van der Waals surface area contributed by atoms with Gasteiger partial charge in [-0.3, -0.25) is 9.89 Å². The Labute approximate surface area is 151 Å². The number of amides is 1. The van der Waals surface area contributed by atoms with E-state index in [1.165, 1.54) is 17.3 Å². The summed E-state index contributed by atoms with van der Waals surface area (Å²) in [5.41, 5.74) is 5.31. The molecule has 0 atom stereocenters. The van der Waals surface area contributed by atoms with Crippen molar-refractivity contribution >= 4 is 23.4 Å². The fourth-order valence-electron chi connectivity index (χ4n) is 2.42. The van der Waals surface area contributed by atoms with Crippen LogP contribution in [0.15, 0.2) is 47.6 Å². The van der Waals surface area contributed by atoms with Crippen molar-refractivity contribution in [2.24, 2.45) is 0 Å². The maximum atomic E-state index is 12.1. The molecule has 0 saturated heterocycles. The molecule has 2 N–H and O–H groups in total. The Morgan fingerprint density at radius 3 is 2.64 bits per heavy atom. The third kappa shape index (κ3) is 4.28. The fraction of sp³-hybridized carbons (Fsp3) is 0.211. The highest BCUT2D eigenvalue weighted by atomic mass is 32.2. The third-order valence-electron chi connectivity index (χ3n) is 3.99. The Bertz CT molecular complexity index is 904. The normalized spacial score (nSPS) is 10.7. The molecule has 0 radical (unpaired) electrons. The molecular formula is C19H20N4OS. The van der Waals surface area contributed by atoms with Crippen LogP contribution in [-0.4, -0.2) is 26.8 Å². The van der Waals surface area contributed by atoms with Gasteiger partial charge in [0, 0.05) is 11.3 Å². The largest absolute Gasteiger partial charge is 0.325 e. The molecule has 0 aliphatic rings. The first-order valence-corrected chi connectivity index (χ1v) is 9.00. The van der Waals surface area contributed by atoms with E-state index in [-0.39, 0.29) is 11.7 Å². The summed E-state index contributed by atoms with van der Waals surface area (Å²) in [6.07, 6.45) is 0. The molecule has 6 heteroatoms. The van der Waals surface area contributed by atoms with Crippen LogP contribution in [0.4, 0.5) is 5.69 Å². The summed E-state index contributed by atoms with van der Waals surface area (Å²) in [5, 5.41) is 10.6. The van der Waals surface area contributed by atoms with Crippen LogP contribution in [-0.2, 0) is 4.79 Å². The van der Waals surface area contributed by atoms with Crippen molar-refractivity contribution in [3.8, 4) is 11.4 Å². The van der Waals surface area contributed by atoms with Gasteiger partial charge < -0.3 is 5.32 Å². The van der Waals surface area contributed by atoms with Crippen molar-refractivity contribution in [3.63, 3.8) is 0 Å². The topological polar surface area (TPSA) is 70.7 Å². The number of anilines is 1. The van der Waals surface area contributed by atoms with Gasteiger partial charge in [-0.05, 0) is 49.6 Å². The van der Waals surface area contributed by atoms with E-state index >= 15 is 0 Å². The number of aromatic amines is 1. The lowest BCUT2D eigenvalue weighted by Crippen LogP contribution is -2.14. The lowest BCUT2D eigenvalue weighted by atomic mass is 10.1. The minimum Gasteiger partial charge on any atom is -0.325 e. The molecule has 0 unspecified atom stereocenters. The van der Waals surface area contributed by atoms with Gasteiger partial charge in [0.05, 0.1) is 5.75 Å². The van der Waals surface area contributed by atoms with Crippen LogP contribution < -0.4 is 5.32 Å². The van der Waals surface area contributed by atoms with Crippen LogP contribution in [0.1, 0.15) is 16.7 Å². The van der Waals surface area contributed by atoms with Crippen LogP contribution in [0.2, 0.25) is 0 Å². The molecular weight excluding hydrogens is 332 g/mol. The van der Waals surface area contributed by atoms with E-state index < -0.39 is 0 Å². The Morgan fingerprint density at radius 2 is 1.88 bits per heavy atom. The predicted octanol–water partition coefficient (Wildman–Crippen LogP) is 4.13. The summed E-state index contributed by atoms with van der Waals surface area (Å²) in [7, 11) is 0. The van der Waals surface area contributed by atoms with Gasteiger partial charge in [0.1, 0.15) is 0 Å². The average Bonchev–Trinajstić information content (AvgIpc) is 3.05. The number of thioether (sulfide) groups is 1. The summed E-state index contributed by atoms with van der Waals surface area (Å²) in [6, 6.07) is 13.9. The van der Waals surface area contributed by atoms with Crippen LogP contribution in [0.3, 0.4) is 0 Å². The van der Waals surface area contributed by atoms with E-state index in [0.29, 0.717) is 5.16 Å². The minimum atomic E-state index is -0.0736. The van der Waals surface area contributed by atoms with E-state index in [9.17, 15) is 4.79 Å². The van der Waals surface area contributed by atoms with Crippen LogP contribution >= 0.6 is 11.8 Å². The first-order valence-electron chi connectivity index (χ1n) is 8.01. The summed E-state index contributed by atoms with van der Waals surface area (Å²) in [4.78, 5) is 16.6. The SMILES string of the molecule is Cc1ccc(NC(=O)CSc2n[nH]c(-c3ccccc3C)n2)cc1C. The van der Waals surface area contributed by atoms with E-state index in [1.54, 1.807) is 0 Å². The van der Waals surface area contributed by atoms with Crippen molar-refractivity contribution in [2.45, 2.75) is 25.9 Å². The minimum absolute atomic E-state index is 0.0736. The second kappa shape index (κ2) is 7.53.